The van der Waals surface area contributed by atoms with E-state index in [1.165, 1.54) is 6.08 Å². The molecule has 0 bridgehead atoms. The van der Waals surface area contributed by atoms with E-state index in [1.54, 1.807) is 37.3 Å². The molecule has 1 N–H and O–H groups in total. The molecule has 27 heavy (non-hydrogen) atoms. The number of esters is 1. The van der Waals surface area contributed by atoms with Gasteiger partial charge in [0.05, 0.1) is 6.04 Å². The van der Waals surface area contributed by atoms with Crippen LogP contribution in [0.5, 0.6) is 11.5 Å². The Labute approximate surface area is 161 Å². The summed E-state index contributed by atoms with van der Waals surface area (Å²) in [7, 11) is 0. The molecule has 1 heterocycles. The number of benzene rings is 2. The van der Waals surface area contributed by atoms with Gasteiger partial charge in [0.2, 0.25) is 6.79 Å². The number of halogens is 1. The second-order valence-electron chi connectivity index (χ2n) is 5.86. The van der Waals surface area contributed by atoms with Gasteiger partial charge in [0.15, 0.2) is 18.1 Å². The van der Waals surface area contributed by atoms with Crippen LogP contribution in [0.4, 0.5) is 0 Å². The smallest absolute Gasteiger partial charge is 0.331 e. The fraction of sp³-hybridized carbons (Fsp3) is 0.200. The summed E-state index contributed by atoms with van der Waals surface area (Å²) in [5.74, 6) is 0.262. The number of carbonyl (C=O) groups is 2. The number of hydrogen-bond acceptors (Lipinski definition) is 5. The van der Waals surface area contributed by atoms with Gasteiger partial charge >= 0.3 is 5.97 Å². The molecule has 1 aliphatic heterocycles. The average Bonchev–Trinajstić information content (AvgIpc) is 3.12. The van der Waals surface area contributed by atoms with Crippen LogP contribution < -0.4 is 14.8 Å². The minimum Gasteiger partial charge on any atom is -0.454 e. The highest BCUT2D eigenvalue weighted by Gasteiger charge is 2.14. The molecule has 0 saturated heterocycles. The topological polar surface area (TPSA) is 73.9 Å². The fourth-order valence-electron chi connectivity index (χ4n) is 2.55. The molecule has 2 aromatic rings. The SMILES string of the molecule is C[C@H](NC(=O)COC(=O)/C=C/c1ccc2c(c1)OCO2)c1ccccc1Cl. The Bertz CT molecular complexity index is 880. The van der Waals surface area contributed by atoms with Crippen molar-refractivity contribution in [1.29, 1.82) is 0 Å². The van der Waals surface area contributed by atoms with Gasteiger partial charge in [-0.3, -0.25) is 4.79 Å². The number of ether oxygens (including phenoxy) is 3. The first-order chi connectivity index (χ1) is 13.0. The molecule has 0 spiro atoms. The van der Waals surface area contributed by atoms with E-state index in [0.29, 0.717) is 16.5 Å². The van der Waals surface area contributed by atoms with Gasteiger partial charge in [0, 0.05) is 11.1 Å². The molecule has 1 aliphatic rings. The molecule has 1 amide bonds. The third kappa shape index (κ3) is 5.01. The van der Waals surface area contributed by atoms with E-state index in [0.717, 1.165) is 11.1 Å². The number of fused-ring (bicyclic) bond motifs is 1. The maximum Gasteiger partial charge on any atom is 0.331 e. The van der Waals surface area contributed by atoms with Crippen LogP contribution in [0.3, 0.4) is 0 Å². The third-order valence-corrected chi connectivity index (χ3v) is 4.25. The Morgan fingerprint density at radius 1 is 1.22 bits per heavy atom. The first-order valence-corrected chi connectivity index (χ1v) is 8.69. The highest BCUT2D eigenvalue weighted by atomic mass is 35.5. The molecular weight excluding hydrogens is 370 g/mol. The van der Waals surface area contributed by atoms with Crippen LogP contribution >= 0.6 is 11.6 Å². The second kappa shape index (κ2) is 8.60. The Kier molecular flexibility index (Phi) is 5.98. The van der Waals surface area contributed by atoms with Crippen LogP contribution in [0, 0.1) is 0 Å². The number of hydrogen-bond donors (Lipinski definition) is 1. The van der Waals surface area contributed by atoms with Crippen molar-refractivity contribution in [3.8, 4) is 11.5 Å². The van der Waals surface area contributed by atoms with Crippen molar-refractivity contribution in [2.24, 2.45) is 0 Å². The molecule has 0 radical (unpaired) electrons. The zero-order chi connectivity index (χ0) is 19.2. The Balaban J connectivity index is 1.47. The van der Waals surface area contributed by atoms with E-state index in [-0.39, 0.29) is 19.4 Å². The van der Waals surface area contributed by atoms with Gasteiger partial charge in [0.1, 0.15) is 0 Å². The minimum atomic E-state index is -0.617. The van der Waals surface area contributed by atoms with Crippen LogP contribution in [0.2, 0.25) is 5.02 Å². The molecule has 3 rings (SSSR count). The largest absolute Gasteiger partial charge is 0.454 e. The van der Waals surface area contributed by atoms with Gasteiger partial charge in [-0.15, -0.1) is 0 Å². The molecule has 0 unspecified atom stereocenters. The van der Waals surface area contributed by atoms with Crippen molar-refractivity contribution in [3.05, 3.63) is 64.7 Å². The summed E-state index contributed by atoms with van der Waals surface area (Å²) in [5.41, 5.74) is 1.55. The lowest BCUT2D eigenvalue weighted by Crippen LogP contribution is -2.31. The van der Waals surface area contributed by atoms with Crippen LogP contribution in [0.1, 0.15) is 24.1 Å². The van der Waals surface area contributed by atoms with Gasteiger partial charge < -0.3 is 19.5 Å². The molecular formula is C20H18ClNO5. The van der Waals surface area contributed by atoms with Crippen molar-refractivity contribution in [3.63, 3.8) is 0 Å². The minimum absolute atomic E-state index is 0.187. The van der Waals surface area contributed by atoms with Gasteiger partial charge in [-0.05, 0) is 42.3 Å². The van der Waals surface area contributed by atoms with Crippen LogP contribution in [-0.2, 0) is 14.3 Å². The molecule has 0 fully saturated rings. The predicted molar refractivity (Wildman–Crippen MR) is 101 cm³/mol. The number of rotatable bonds is 6. The van der Waals surface area contributed by atoms with Gasteiger partial charge in [-0.1, -0.05) is 35.9 Å². The molecule has 7 heteroatoms. The van der Waals surface area contributed by atoms with E-state index >= 15 is 0 Å². The first-order valence-electron chi connectivity index (χ1n) is 8.31. The van der Waals surface area contributed by atoms with Crippen molar-refractivity contribution in [2.45, 2.75) is 13.0 Å². The van der Waals surface area contributed by atoms with Crippen LogP contribution in [0.15, 0.2) is 48.5 Å². The Hall–Kier alpha value is -2.99. The molecule has 0 saturated carbocycles. The van der Waals surface area contributed by atoms with E-state index in [9.17, 15) is 9.59 Å². The molecule has 0 aromatic heterocycles. The quantitative estimate of drug-likeness (QED) is 0.606. The van der Waals surface area contributed by atoms with E-state index in [2.05, 4.69) is 5.32 Å². The number of carbonyl (C=O) groups excluding carboxylic acids is 2. The Morgan fingerprint density at radius 3 is 2.81 bits per heavy atom. The van der Waals surface area contributed by atoms with Gasteiger partial charge in [-0.2, -0.15) is 0 Å². The zero-order valence-electron chi connectivity index (χ0n) is 14.6. The van der Waals surface area contributed by atoms with Gasteiger partial charge in [0.25, 0.3) is 5.91 Å². The second-order valence-corrected chi connectivity index (χ2v) is 6.27. The van der Waals surface area contributed by atoms with E-state index < -0.39 is 11.9 Å². The van der Waals surface area contributed by atoms with Crippen molar-refractivity contribution >= 4 is 29.6 Å². The highest BCUT2D eigenvalue weighted by molar-refractivity contribution is 6.31. The summed E-state index contributed by atoms with van der Waals surface area (Å²) in [4.78, 5) is 23.8. The molecule has 2 aromatic carbocycles. The summed E-state index contributed by atoms with van der Waals surface area (Å²) >= 11 is 6.10. The number of amides is 1. The summed E-state index contributed by atoms with van der Waals surface area (Å²) in [6.45, 7) is 1.62. The summed E-state index contributed by atoms with van der Waals surface area (Å²) in [6.07, 6.45) is 2.83. The predicted octanol–water partition coefficient (Wildman–Crippen LogP) is 3.50. The summed E-state index contributed by atoms with van der Waals surface area (Å²) in [6, 6.07) is 12.2. The zero-order valence-corrected chi connectivity index (χ0v) is 15.4. The monoisotopic (exact) mass is 387 g/mol. The maximum absolute atomic E-state index is 12.0. The first kappa shape index (κ1) is 18.8. The lowest BCUT2D eigenvalue weighted by molar-refractivity contribution is -0.144. The van der Waals surface area contributed by atoms with E-state index in [4.69, 9.17) is 25.8 Å². The van der Waals surface area contributed by atoms with Crippen molar-refractivity contribution < 1.29 is 23.8 Å². The third-order valence-electron chi connectivity index (χ3n) is 3.90. The summed E-state index contributed by atoms with van der Waals surface area (Å²) in [5, 5.41) is 3.30. The molecule has 6 nitrogen and oxygen atoms in total. The maximum atomic E-state index is 12.0. The molecule has 0 aliphatic carbocycles. The summed E-state index contributed by atoms with van der Waals surface area (Å²) < 4.78 is 15.5. The highest BCUT2D eigenvalue weighted by Crippen LogP contribution is 2.32. The molecule has 140 valence electrons. The normalized spacial score (nSPS) is 13.4. The molecule has 1 atom stereocenters. The Morgan fingerprint density at radius 2 is 2.00 bits per heavy atom. The average molecular weight is 388 g/mol. The fourth-order valence-corrected chi connectivity index (χ4v) is 2.85. The van der Waals surface area contributed by atoms with Crippen molar-refractivity contribution in [2.75, 3.05) is 13.4 Å². The van der Waals surface area contributed by atoms with Crippen LogP contribution in [-0.4, -0.2) is 25.3 Å². The standard InChI is InChI=1S/C20H18ClNO5/c1-13(15-4-2-3-5-16(15)21)22-19(23)11-25-20(24)9-7-14-6-8-17-18(10-14)27-12-26-17/h2-10,13H,11-12H2,1H3,(H,22,23)/b9-7+/t13-/m0/s1. The van der Waals surface area contributed by atoms with E-state index in [1.807, 2.05) is 18.2 Å². The van der Waals surface area contributed by atoms with Crippen LogP contribution in [0.25, 0.3) is 6.08 Å². The van der Waals surface area contributed by atoms with Gasteiger partial charge in [-0.25, -0.2) is 4.79 Å². The number of nitrogens with one attached hydrogen (secondary N) is 1. The lowest BCUT2D eigenvalue weighted by atomic mass is 10.1. The lowest BCUT2D eigenvalue weighted by Gasteiger charge is -2.15. The van der Waals surface area contributed by atoms with Crippen molar-refractivity contribution in [1.82, 2.24) is 5.32 Å².